The SMILES string of the molecule is C=C/C=C(\C=C/C)c1ccc(-c2nc(-c3ccc(C)cc3)nc(-c3ccc(C)cc3)n2)cn1. The summed E-state index contributed by atoms with van der Waals surface area (Å²) in [5.41, 5.74) is 6.98. The van der Waals surface area contributed by atoms with Gasteiger partial charge in [0.2, 0.25) is 0 Å². The number of hydrogen-bond donors (Lipinski definition) is 0. The van der Waals surface area contributed by atoms with Crippen molar-refractivity contribution in [3.8, 4) is 34.2 Å². The Morgan fingerprint density at radius 2 is 1.18 bits per heavy atom. The average Bonchev–Trinajstić information content (AvgIpc) is 2.85. The summed E-state index contributed by atoms with van der Waals surface area (Å²) in [6.45, 7) is 9.91. The molecule has 4 nitrogen and oxygen atoms in total. The van der Waals surface area contributed by atoms with Gasteiger partial charge in [-0.2, -0.15) is 0 Å². The maximum absolute atomic E-state index is 4.79. The van der Waals surface area contributed by atoms with Gasteiger partial charge >= 0.3 is 0 Å². The first-order valence-corrected chi connectivity index (χ1v) is 10.9. The first-order valence-electron chi connectivity index (χ1n) is 10.9. The minimum Gasteiger partial charge on any atom is -0.255 e. The molecule has 4 rings (SSSR count). The Morgan fingerprint density at radius 3 is 1.61 bits per heavy atom. The summed E-state index contributed by atoms with van der Waals surface area (Å²) >= 11 is 0. The molecule has 0 radical (unpaired) electrons. The quantitative estimate of drug-likeness (QED) is 0.308. The molecule has 4 aromatic rings. The molecular weight excluding hydrogens is 404 g/mol. The number of hydrogen-bond acceptors (Lipinski definition) is 4. The van der Waals surface area contributed by atoms with E-state index in [9.17, 15) is 0 Å². The van der Waals surface area contributed by atoms with Gasteiger partial charge in [0.1, 0.15) is 0 Å². The summed E-state index contributed by atoms with van der Waals surface area (Å²) in [5.74, 6) is 1.87. The molecule has 0 saturated heterocycles. The predicted octanol–water partition coefficient (Wildman–Crippen LogP) is 7.03. The predicted molar refractivity (Wildman–Crippen MR) is 136 cm³/mol. The van der Waals surface area contributed by atoms with Crippen LogP contribution in [0.5, 0.6) is 0 Å². The van der Waals surface area contributed by atoms with Crippen molar-refractivity contribution in [1.82, 2.24) is 19.9 Å². The van der Waals surface area contributed by atoms with Crippen LogP contribution in [0.15, 0.2) is 97.7 Å². The lowest BCUT2D eigenvalue weighted by Gasteiger charge is -2.09. The van der Waals surface area contributed by atoms with Crippen molar-refractivity contribution in [2.75, 3.05) is 0 Å². The molecule has 0 saturated carbocycles. The summed E-state index contributed by atoms with van der Waals surface area (Å²) < 4.78 is 0. The molecule has 33 heavy (non-hydrogen) atoms. The van der Waals surface area contributed by atoms with Gasteiger partial charge in [0, 0.05) is 22.9 Å². The molecule has 0 amide bonds. The summed E-state index contributed by atoms with van der Waals surface area (Å²) in [6.07, 6.45) is 9.51. The highest BCUT2D eigenvalue weighted by atomic mass is 15.0. The smallest absolute Gasteiger partial charge is 0.165 e. The van der Waals surface area contributed by atoms with E-state index in [1.165, 1.54) is 11.1 Å². The van der Waals surface area contributed by atoms with Gasteiger partial charge < -0.3 is 0 Å². The summed E-state index contributed by atoms with van der Waals surface area (Å²) in [7, 11) is 0. The van der Waals surface area contributed by atoms with Gasteiger partial charge in [0.05, 0.1) is 5.69 Å². The van der Waals surface area contributed by atoms with E-state index in [1.807, 2.05) is 67.7 Å². The Morgan fingerprint density at radius 1 is 0.697 bits per heavy atom. The van der Waals surface area contributed by atoms with Gasteiger partial charge in [-0.1, -0.05) is 90.5 Å². The van der Waals surface area contributed by atoms with Crippen LogP contribution >= 0.6 is 0 Å². The molecule has 0 aliphatic heterocycles. The summed E-state index contributed by atoms with van der Waals surface area (Å²) in [6, 6.07) is 20.4. The number of rotatable bonds is 6. The lowest BCUT2D eigenvalue weighted by Crippen LogP contribution is -2.01. The Kier molecular flexibility index (Phi) is 6.65. The molecule has 2 aromatic heterocycles. The zero-order valence-electron chi connectivity index (χ0n) is 19.2. The molecule has 2 heterocycles. The number of pyridine rings is 1. The molecular formula is C29H26N4. The third-order valence-electron chi connectivity index (χ3n) is 5.22. The van der Waals surface area contributed by atoms with Crippen molar-refractivity contribution >= 4 is 5.57 Å². The topological polar surface area (TPSA) is 51.6 Å². The third kappa shape index (κ3) is 5.18. The third-order valence-corrected chi connectivity index (χ3v) is 5.22. The zero-order chi connectivity index (χ0) is 23.2. The Balaban J connectivity index is 1.81. The fourth-order valence-corrected chi connectivity index (χ4v) is 3.40. The summed E-state index contributed by atoms with van der Waals surface area (Å²) in [5, 5.41) is 0. The molecule has 162 valence electrons. The lowest BCUT2D eigenvalue weighted by atomic mass is 10.1. The molecule has 0 aliphatic rings. The average molecular weight is 431 g/mol. The summed E-state index contributed by atoms with van der Waals surface area (Å²) in [4.78, 5) is 19.0. The number of allylic oxidation sites excluding steroid dienone is 5. The maximum Gasteiger partial charge on any atom is 0.165 e. The second kappa shape index (κ2) is 9.96. The first kappa shape index (κ1) is 22.0. The highest BCUT2D eigenvalue weighted by Gasteiger charge is 2.13. The number of nitrogens with zero attached hydrogens (tertiary/aromatic N) is 4. The largest absolute Gasteiger partial charge is 0.255 e. The molecule has 0 atom stereocenters. The highest BCUT2D eigenvalue weighted by molar-refractivity contribution is 5.74. The van der Waals surface area contributed by atoms with E-state index in [0.29, 0.717) is 17.5 Å². The normalized spacial score (nSPS) is 11.7. The van der Waals surface area contributed by atoms with E-state index in [4.69, 9.17) is 15.0 Å². The fourth-order valence-electron chi connectivity index (χ4n) is 3.40. The van der Waals surface area contributed by atoms with Crippen LogP contribution in [0, 0.1) is 13.8 Å². The van der Waals surface area contributed by atoms with Crippen molar-refractivity contribution in [2.45, 2.75) is 20.8 Å². The van der Waals surface area contributed by atoms with Crippen LogP contribution in [0.1, 0.15) is 23.7 Å². The minimum absolute atomic E-state index is 0.593. The molecule has 0 aliphatic carbocycles. The Labute approximate surface area is 195 Å². The Bertz CT molecular complexity index is 1250. The Hall–Kier alpha value is -4.18. The van der Waals surface area contributed by atoms with Gasteiger partial charge in [-0.25, -0.2) is 15.0 Å². The molecule has 4 heteroatoms. The van der Waals surface area contributed by atoms with Gasteiger partial charge in [-0.05, 0) is 38.5 Å². The van der Waals surface area contributed by atoms with Crippen LogP contribution in [0.3, 0.4) is 0 Å². The van der Waals surface area contributed by atoms with E-state index in [-0.39, 0.29) is 0 Å². The molecule has 0 N–H and O–H groups in total. The zero-order valence-corrected chi connectivity index (χ0v) is 19.2. The number of aromatic nitrogens is 4. The van der Waals surface area contributed by atoms with Gasteiger partial charge in [0.25, 0.3) is 0 Å². The van der Waals surface area contributed by atoms with Gasteiger partial charge in [0.15, 0.2) is 17.5 Å². The van der Waals surface area contributed by atoms with E-state index >= 15 is 0 Å². The number of benzene rings is 2. The van der Waals surface area contributed by atoms with E-state index < -0.39 is 0 Å². The van der Waals surface area contributed by atoms with Crippen LogP contribution in [-0.4, -0.2) is 19.9 Å². The van der Waals surface area contributed by atoms with Crippen molar-refractivity contribution in [1.29, 1.82) is 0 Å². The van der Waals surface area contributed by atoms with E-state index in [0.717, 1.165) is 28.0 Å². The second-order valence-electron chi connectivity index (χ2n) is 7.83. The first-order chi connectivity index (χ1) is 16.1. The van der Waals surface area contributed by atoms with E-state index in [1.54, 1.807) is 6.08 Å². The molecule has 0 fully saturated rings. The minimum atomic E-state index is 0.593. The van der Waals surface area contributed by atoms with Gasteiger partial charge in [-0.3, -0.25) is 4.98 Å². The van der Waals surface area contributed by atoms with E-state index in [2.05, 4.69) is 49.7 Å². The van der Waals surface area contributed by atoms with Gasteiger partial charge in [-0.15, -0.1) is 0 Å². The molecule has 0 unspecified atom stereocenters. The fraction of sp³-hybridized carbons (Fsp3) is 0.103. The molecule has 0 spiro atoms. The molecule has 0 bridgehead atoms. The van der Waals surface area contributed by atoms with Crippen LogP contribution in [0.25, 0.3) is 39.7 Å². The van der Waals surface area contributed by atoms with Crippen molar-refractivity contribution < 1.29 is 0 Å². The van der Waals surface area contributed by atoms with Crippen LogP contribution < -0.4 is 0 Å². The monoisotopic (exact) mass is 430 g/mol. The lowest BCUT2D eigenvalue weighted by molar-refractivity contribution is 1.07. The number of aryl methyl sites for hydroxylation is 2. The van der Waals surface area contributed by atoms with Crippen molar-refractivity contribution in [2.24, 2.45) is 0 Å². The van der Waals surface area contributed by atoms with Crippen molar-refractivity contribution in [3.63, 3.8) is 0 Å². The van der Waals surface area contributed by atoms with Crippen LogP contribution in [0.4, 0.5) is 0 Å². The molecule has 2 aromatic carbocycles. The highest BCUT2D eigenvalue weighted by Crippen LogP contribution is 2.25. The standard InChI is InChI=1S/C29H26N4/c1-5-7-22(8-6-2)26-18-17-25(19-30-26)29-32-27(23-13-9-20(3)10-14-23)31-28(33-29)24-15-11-21(4)12-16-24/h5-19H,1H2,2-4H3/b8-6-,22-7+. The maximum atomic E-state index is 4.79. The second-order valence-corrected chi connectivity index (χ2v) is 7.83. The van der Waals surface area contributed by atoms with Crippen molar-refractivity contribution in [3.05, 3.63) is 115 Å². The van der Waals surface area contributed by atoms with Crippen LogP contribution in [0.2, 0.25) is 0 Å². The van der Waals surface area contributed by atoms with Crippen LogP contribution in [-0.2, 0) is 0 Å².